The first-order valence-corrected chi connectivity index (χ1v) is 8.81. The Hall–Kier alpha value is -2.87. The predicted octanol–water partition coefficient (Wildman–Crippen LogP) is 4.94. The molecule has 6 rings (SSSR count). The van der Waals surface area contributed by atoms with Gasteiger partial charge in [-0.15, -0.1) is 0 Å². The molecule has 1 aromatic heterocycles. The molecule has 0 spiro atoms. The summed E-state index contributed by atoms with van der Waals surface area (Å²) in [5, 5.41) is 5.27. The lowest BCUT2D eigenvalue weighted by atomic mass is 9.80. The van der Waals surface area contributed by atoms with Gasteiger partial charge in [0.15, 0.2) is 6.20 Å². The number of hydrogen-bond acceptors (Lipinski definition) is 1. The smallest absolute Gasteiger partial charge is 0.292 e. The van der Waals surface area contributed by atoms with Gasteiger partial charge in [0.05, 0.1) is 10.9 Å². The molecule has 0 N–H and O–H groups in total. The standard InChI is InChI=1S/C23H18NO/c1-23(2)18-8-5-9-19-20(18)22-21(23)16-11-10-14-6-3-4-7-15(14)17(16)12-24(22)13-25-19/h3-12H,13H2,1-2H3/q+1. The van der Waals surface area contributed by atoms with Crippen LogP contribution in [0.1, 0.15) is 25.0 Å². The lowest BCUT2D eigenvalue weighted by molar-refractivity contribution is -0.716. The Labute approximate surface area is 146 Å². The van der Waals surface area contributed by atoms with Crippen molar-refractivity contribution < 1.29 is 9.30 Å². The normalized spacial score (nSPS) is 16.1. The van der Waals surface area contributed by atoms with Crippen LogP contribution in [0.5, 0.6) is 5.75 Å². The lowest BCUT2D eigenvalue weighted by Crippen LogP contribution is -2.41. The van der Waals surface area contributed by atoms with E-state index in [1.165, 1.54) is 43.9 Å². The number of rotatable bonds is 0. The van der Waals surface area contributed by atoms with E-state index >= 15 is 0 Å². The molecule has 2 aliphatic rings. The number of pyridine rings is 1. The molecule has 0 bridgehead atoms. The quantitative estimate of drug-likeness (QED) is 0.330. The summed E-state index contributed by atoms with van der Waals surface area (Å²) >= 11 is 0. The van der Waals surface area contributed by atoms with Crippen molar-refractivity contribution in [1.29, 1.82) is 0 Å². The van der Waals surface area contributed by atoms with Crippen LogP contribution in [0.15, 0.2) is 60.8 Å². The zero-order valence-electron chi connectivity index (χ0n) is 14.3. The Balaban J connectivity index is 1.88. The van der Waals surface area contributed by atoms with E-state index in [1.54, 1.807) is 0 Å². The van der Waals surface area contributed by atoms with Crippen LogP contribution < -0.4 is 9.30 Å². The number of benzene rings is 3. The molecule has 1 aliphatic carbocycles. The molecule has 0 unspecified atom stereocenters. The van der Waals surface area contributed by atoms with Crippen LogP contribution in [0, 0.1) is 0 Å². The maximum Gasteiger partial charge on any atom is 0.292 e. The first-order valence-electron chi connectivity index (χ1n) is 8.81. The average molecular weight is 324 g/mol. The summed E-state index contributed by atoms with van der Waals surface area (Å²) in [5.41, 5.74) is 5.39. The van der Waals surface area contributed by atoms with Gasteiger partial charge >= 0.3 is 0 Å². The fraction of sp³-hybridized carbons (Fsp3) is 0.174. The highest BCUT2D eigenvalue weighted by Gasteiger charge is 2.46. The minimum absolute atomic E-state index is 0.0297. The molecule has 3 aromatic carbocycles. The van der Waals surface area contributed by atoms with Crippen LogP contribution in [0.3, 0.4) is 0 Å². The minimum atomic E-state index is -0.0297. The van der Waals surface area contributed by atoms with Gasteiger partial charge in [-0.05, 0) is 27.8 Å². The van der Waals surface area contributed by atoms with Crippen LogP contribution in [-0.2, 0) is 12.1 Å². The summed E-state index contributed by atoms with van der Waals surface area (Å²) in [6, 6.07) is 19.7. The SMILES string of the molecule is CC1(C)c2cccc3c2-c2c1c1ccc4ccccc4c1c[n+]2CO3. The maximum atomic E-state index is 6.08. The Morgan fingerprint density at radius 1 is 0.880 bits per heavy atom. The van der Waals surface area contributed by atoms with E-state index in [0.29, 0.717) is 6.73 Å². The van der Waals surface area contributed by atoms with E-state index in [1.807, 2.05) is 0 Å². The number of aromatic nitrogens is 1. The van der Waals surface area contributed by atoms with Crippen LogP contribution in [0.2, 0.25) is 0 Å². The van der Waals surface area contributed by atoms with Crippen molar-refractivity contribution in [3.63, 3.8) is 0 Å². The highest BCUT2D eigenvalue weighted by atomic mass is 16.5. The third-order valence-corrected chi connectivity index (χ3v) is 5.97. The summed E-state index contributed by atoms with van der Waals surface area (Å²) in [5.74, 6) is 1.02. The predicted molar refractivity (Wildman–Crippen MR) is 99.8 cm³/mol. The number of fused-ring (bicyclic) bond motifs is 4. The van der Waals surface area contributed by atoms with Gasteiger partial charge in [-0.1, -0.05) is 62.4 Å². The molecule has 0 atom stereocenters. The van der Waals surface area contributed by atoms with Gasteiger partial charge in [0.25, 0.3) is 6.73 Å². The molecule has 0 amide bonds. The van der Waals surface area contributed by atoms with Crippen molar-refractivity contribution in [1.82, 2.24) is 0 Å². The van der Waals surface area contributed by atoms with Crippen LogP contribution in [0.4, 0.5) is 0 Å². The summed E-state index contributed by atoms with van der Waals surface area (Å²) < 4.78 is 8.38. The topological polar surface area (TPSA) is 13.1 Å². The third kappa shape index (κ3) is 1.49. The van der Waals surface area contributed by atoms with Crippen molar-refractivity contribution in [2.45, 2.75) is 26.0 Å². The van der Waals surface area contributed by atoms with Crippen LogP contribution in [0.25, 0.3) is 32.8 Å². The second-order valence-electron chi connectivity index (χ2n) is 7.65. The van der Waals surface area contributed by atoms with Crippen molar-refractivity contribution in [2.24, 2.45) is 0 Å². The van der Waals surface area contributed by atoms with Gasteiger partial charge in [-0.2, -0.15) is 4.57 Å². The molecule has 25 heavy (non-hydrogen) atoms. The molecular formula is C23H18NO+. The molecule has 0 radical (unpaired) electrons. The van der Waals surface area contributed by atoms with Crippen molar-refractivity contribution in [3.8, 4) is 17.0 Å². The van der Waals surface area contributed by atoms with Crippen molar-refractivity contribution >= 4 is 21.5 Å². The summed E-state index contributed by atoms with van der Waals surface area (Å²) in [6.07, 6.45) is 2.28. The fourth-order valence-electron chi connectivity index (χ4n) is 4.84. The Morgan fingerprint density at radius 2 is 1.76 bits per heavy atom. The molecule has 4 aromatic rings. The van der Waals surface area contributed by atoms with Gasteiger partial charge in [-0.25, -0.2) is 0 Å². The zero-order chi connectivity index (χ0) is 16.8. The molecular weight excluding hydrogens is 306 g/mol. The van der Waals surface area contributed by atoms with Gasteiger partial charge in [-0.3, -0.25) is 0 Å². The number of ether oxygens (including phenoxy) is 1. The summed E-state index contributed by atoms with van der Waals surface area (Å²) in [7, 11) is 0. The molecule has 0 saturated carbocycles. The van der Waals surface area contributed by atoms with E-state index in [0.717, 1.165) is 5.75 Å². The van der Waals surface area contributed by atoms with E-state index in [9.17, 15) is 0 Å². The molecule has 2 heteroatoms. The number of nitrogens with zero attached hydrogens (tertiary/aromatic N) is 1. The largest absolute Gasteiger partial charge is 0.435 e. The van der Waals surface area contributed by atoms with Gasteiger partial charge in [0, 0.05) is 11.0 Å². The fourth-order valence-corrected chi connectivity index (χ4v) is 4.84. The Morgan fingerprint density at radius 3 is 2.68 bits per heavy atom. The van der Waals surface area contributed by atoms with E-state index < -0.39 is 0 Å². The van der Waals surface area contributed by atoms with Gasteiger partial charge in [0.1, 0.15) is 5.75 Å². The van der Waals surface area contributed by atoms with Gasteiger partial charge < -0.3 is 4.74 Å². The summed E-state index contributed by atoms with van der Waals surface area (Å²) in [4.78, 5) is 0. The van der Waals surface area contributed by atoms with E-state index in [2.05, 4.69) is 79.2 Å². The summed E-state index contributed by atoms with van der Waals surface area (Å²) in [6.45, 7) is 5.26. The molecule has 2 heterocycles. The highest BCUT2D eigenvalue weighted by molar-refractivity contribution is 6.10. The van der Waals surface area contributed by atoms with Gasteiger partial charge in [0.2, 0.25) is 5.69 Å². The Bertz CT molecular complexity index is 1220. The minimum Gasteiger partial charge on any atom is -0.435 e. The monoisotopic (exact) mass is 324 g/mol. The second kappa shape index (κ2) is 4.20. The first-order chi connectivity index (χ1) is 12.2. The number of hydrogen-bond donors (Lipinski definition) is 0. The van der Waals surface area contributed by atoms with Crippen molar-refractivity contribution in [2.75, 3.05) is 0 Å². The second-order valence-corrected chi connectivity index (χ2v) is 7.65. The molecule has 0 saturated heterocycles. The van der Waals surface area contributed by atoms with E-state index in [4.69, 9.17) is 4.74 Å². The molecule has 1 aliphatic heterocycles. The zero-order valence-corrected chi connectivity index (χ0v) is 14.3. The first kappa shape index (κ1) is 13.4. The highest BCUT2D eigenvalue weighted by Crippen LogP contribution is 2.54. The molecule has 120 valence electrons. The Kier molecular flexibility index (Phi) is 2.26. The average Bonchev–Trinajstić information content (AvgIpc) is 2.89. The molecule has 0 fully saturated rings. The van der Waals surface area contributed by atoms with Crippen LogP contribution >= 0.6 is 0 Å². The van der Waals surface area contributed by atoms with Crippen molar-refractivity contribution in [3.05, 3.63) is 71.9 Å². The van der Waals surface area contributed by atoms with Crippen LogP contribution in [-0.4, -0.2) is 0 Å². The maximum absolute atomic E-state index is 6.08. The third-order valence-electron chi connectivity index (χ3n) is 5.97. The lowest BCUT2D eigenvalue weighted by Gasteiger charge is -2.21. The molecule has 2 nitrogen and oxygen atoms in total. The van der Waals surface area contributed by atoms with E-state index in [-0.39, 0.29) is 5.41 Å².